The van der Waals surface area contributed by atoms with Gasteiger partial charge >= 0.3 is 7.12 Å². The molecule has 2 aromatic carbocycles. The number of carbonyl (C=O) groups excluding carboxylic acids is 4. The lowest BCUT2D eigenvalue weighted by molar-refractivity contribution is -0.125. The zero-order valence-electron chi connectivity index (χ0n) is 24.5. The Bertz CT molecular complexity index is 2020. The van der Waals surface area contributed by atoms with Crippen molar-refractivity contribution in [3.8, 4) is 0 Å². The topological polar surface area (TPSA) is 149 Å². The number of fused-ring (bicyclic) bond motifs is 4. The summed E-state index contributed by atoms with van der Waals surface area (Å²) in [5.41, 5.74) is -1.78. The second-order valence-corrected chi connectivity index (χ2v) is 13.4. The Morgan fingerprint density at radius 1 is 0.857 bits per heavy atom. The molecule has 0 spiro atoms. The van der Waals surface area contributed by atoms with Crippen molar-refractivity contribution < 1.29 is 60.7 Å². The molecule has 49 heavy (non-hydrogen) atoms. The number of imide groups is 2. The second kappa shape index (κ2) is 11.2. The van der Waals surface area contributed by atoms with E-state index in [9.17, 15) is 47.5 Å². The number of rotatable bonds is 5. The van der Waals surface area contributed by atoms with Crippen molar-refractivity contribution >= 4 is 70.8 Å². The maximum Gasteiger partial charge on any atom is 0.488 e. The third-order valence-electron chi connectivity index (χ3n) is 9.77. The van der Waals surface area contributed by atoms with Crippen LogP contribution in [0.25, 0.3) is 0 Å². The highest BCUT2D eigenvalue weighted by Crippen LogP contribution is 2.66. The van der Waals surface area contributed by atoms with E-state index in [2.05, 4.69) is 0 Å². The van der Waals surface area contributed by atoms with Gasteiger partial charge in [0.25, 0.3) is 11.8 Å². The first kappa shape index (κ1) is 33.4. The number of nitrogens with zero attached hydrogens (tertiary/aromatic N) is 2. The molecule has 3 N–H and O–H groups in total. The smallest absolute Gasteiger partial charge is 0.463 e. The van der Waals surface area contributed by atoms with Gasteiger partial charge in [0.1, 0.15) is 23.8 Å². The molecule has 3 fully saturated rings. The molecule has 4 amide bonds. The van der Waals surface area contributed by atoms with Crippen LogP contribution in [0.3, 0.4) is 0 Å². The summed E-state index contributed by atoms with van der Waals surface area (Å²) in [6.45, 7) is -0.645. The number of amides is 4. The monoisotopic (exact) mass is 724 g/mol. The maximum atomic E-state index is 15.1. The number of benzene rings is 2. The van der Waals surface area contributed by atoms with E-state index in [0.717, 1.165) is 4.90 Å². The Hall–Kier alpha value is -4.09. The number of hydrogen-bond donors (Lipinski definition) is 3. The minimum absolute atomic E-state index is 0.000539. The molecular formula is C31H20BCl2F5N2O8. The van der Waals surface area contributed by atoms with Crippen LogP contribution >= 0.6 is 23.2 Å². The summed E-state index contributed by atoms with van der Waals surface area (Å²) in [5, 5.41) is 29.0. The summed E-state index contributed by atoms with van der Waals surface area (Å²) in [6, 6.07) is 7.88. The van der Waals surface area contributed by atoms with E-state index in [0.29, 0.717) is 0 Å². The number of aliphatic hydroxyl groups is 1. The van der Waals surface area contributed by atoms with Crippen LogP contribution in [0.5, 0.6) is 0 Å². The minimum atomic E-state index is -2.76. The average Bonchev–Trinajstić information content (AvgIpc) is 3.69. The van der Waals surface area contributed by atoms with Gasteiger partial charge in [0.05, 0.1) is 23.4 Å². The number of carbonyl (C=O) groups is 4. The van der Waals surface area contributed by atoms with Crippen LogP contribution in [0.15, 0.2) is 52.5 Å². The number of hydrogen-bond acceptors (Lipinski definition) is 8. The predicted molar refractivity (Wildman–Crippen MR) is 160 cm³/mol. The van der Waals surface area contributed by atoms with E-state index in [4.69, 9.17) is 27.6 Å². The van der Waals surface area contributed by atoms with Crippen molar-refractivity contribution in [1.29, 1.82) is 0 Å². The molecule has 3 heterocycles. The third kappa shape index (κ3) is 4.30. The fourth-order valence-electron chi connectivity index (χ4n) is 7.59. The van der Waals surface area contributed by atoms with Crippen molar-refractivity contribution in [3.63, 3.8) is 0 Å². The van der Waals surface area contributed by atoms with Crippen LogP contribution < -0.4 is 15.3 Å². The van der Waals surface area contributed by atoms with Crippen LogP contribution in [-0.4, -0.2) is 55.7 Å². The fraction of sp³-hybridized carbons (Fsp3) is 0.290. The lowest BCUT2D eigenvalue weighted by atomic mass is 9.57. The van der Waals surface area contributed by atoms with E-state index in [1.165, 1.54) is 42.5 Å². The normalized spacial score (nSPS) is 29.3. The molecule has 6 unspecified atom stereocenters. The third-order valence-corrected chi connectivity index (χ3v) is 11.2. The first-order valence-electron chi connectivity index (χ1n) is 14.6. The summed E-state index contributed by atoms with van der Waals surface area (Å²) >= 11 is 14.0. The van der Waals surface area contributed by atoms with Gasteiger partial charge in [-0.25, -0.2) is 26.9 Å². The Kier molecular flexibility index (Phi) is 7.65. The van der Waals surface area contributed by atoms with Crippen molar-refractivity contribution in [1.82, 2.24) is 0 Å². The molecule has 18 heteroatoms. The summed E-state index contributed by atoms with van der Waals surface area (Å²) in [7, 11) is -1.93. The van der Waals surface area contributed by atoms with Gasteiger partial charge in [0.15, 0.2) is 33.0 Å². The first-order valence-corrected chi connectivity index (χ1v) is 15.4. The number of anilines is 2. The van der Waals surface area contributed by atoms with Gasteiger partial charge in [-0.1, -0.05) is 23.8 Å². The molecule has 1 saturated carbocycles. The summed E-state index contributed by atoms with van der Waals surface area (Å²) in [4.78, 5) is 51.2. The van der Waals surface area contributed by atoms with E-state index in [1.54, 1.807) is 0 Å². The molecule has 2 aliphatic heterocycles. The zero-order valence-corrected chi connectivity index (χ0v) is 26.0. The number of furan rings is 1. The summed E-state index contributed by atoms with van der Waals surface area (Å²) in [6.07, 6.45) is 0.656. The maximum absolute atomic E-state index is 15.1. The molecule has 7 rings (SSSR count). The van der Waals surface area contributed by atoms with Gasteiger partial charge in [-0.3, -0.25) is 24.1 Å². The van der Waals surface area contributed by atoms with Crippen LogP contribution in [0.1, 0.15) is 30.3 Å². The summed E-state index contributed by atoms with van der Waals surface area (Å²) < 4.78 is 78.6. The van der Waals surface area contributed by atoms with Gasteiger partial charge in [0, 0.05) is 0 Å². The van der Waals surface area contributed by atoms with Crippen LogP contribution in [0, 0.1) is 46.8 Å². The molecule has 4 aliphatic rings. The van der Waals surface area contributed by atoms with E-state index < -0.39 is 112 Å². The lowest BCUT2D eigenvalue weighted by Crippen LogP contribution is -2.60. The van der Waals surface area contributed by atoms with E-state index in [1.807, 2.05) is 0 Å². The molecule has 3 aromatic rings. The van der Waals surface area contributed by atoms with Crippen molar-refractivity contribution in [2.24, 2.45) is 17.8 Å². The van der Waals surface area contributed by atoms with Gasteiger partial charge < -0.3 is 19.6 Å². The Balaban J connectivity index is 1.40. The second-order valence-electron chi connectivity index (χ2n) is 12.1. The largest absolute Gasteiger partial charge is 0.488 e. The molecule has 10 nitrogen and oxygen atoms in total. The van der Waals surface area contributed by atoms with Crippen molar-refractivity contribution in [2.45, 2.75) is 35.1 Å². The van der Waals surface area contributed by atoms with Crippen LogP contribution in [-0.2, 0) is 25.8 Å². The van der Waals surface area contributed by atoms with Gasteiger partial charge in [-0.15, -0.1) is 23.2 Å². The molecule has 0 radical (unpaired) electrons. The van der Waals surface area contributed by atoms with Crippen molar-refractivity contribution in [2.75, 3.05) is 9.80 Å². The van der Waals surface area contributed by atoms with Crippen LogP contribution in [0.2, 0.25) is 0 Å². The van der Waals surface area contributed by atoms with Crippen molar-refractivity contribution in [3.05, 3.63) is 88.7 Å². The SMILES string of the molecule is O=C1C2CC=C3C(CC4(Cl)C(=O)N(c5c(F)c(F)c(F)c(F)c5F)C(=O)C4(Cl)C3c3ccc(CO)o3)C2C(=O)N1c1cccc(B(O)O)c1. The van der Waals surface area contributed by atoms with Crippen LogP contribution in [0.4, 0.5) is 33.3 Å². The molecule has 0 bridgehead atoms. The minimum Gasteiger partial charge on any atom is -0.463 e. The van der Waals surface area contributed by atoms with Gasteiger partial charge in [-0.2, -0.15) is 0 Å². The number of halogens is 7. The molecule has 254 valence electrons. The Morgan fingerprint density at radius 2 is 1.51 bits per heavy atom. The molecule has 2 aliphatic carbocycles. The standard InChI is InChI=1S/C31H20BCl2F5N2O8/c33-30-9-16-14(5-6-15-18(16)27(44)40(26(15)43)12-3-1-2-11(8-12)32(47)48)19(17-7-4-13(10-42)49-17)31(30,34)29(46)41(28(30)45)25-23(38)21(36)20(35)22(37)24(25)39/h1-5,7-8,15-16,18-19,42,47-48H,6,9-10H2. The highest BCUT2D eigenvalue weighted by Gasteiger charge is 2.77. The highest BCUT2D eigenvalue weighted by molar-refractivity contribution is 6.59. The molecule has 2 saturated heterocycles. The average molecular weight is 725 g/mol. The Labute approximate surface area is 282 Å². The van der Waals surface area contributed by atoms with E-state index >= 15 is 8.78 Å². The lowest BCUT2D eigenvalue weighted by Gasteiger charge is -2.49. The van der Waals surface area contributed by atoms with Gasteiger partial charge in [0.2, 0.25) is 17.6 Å². The number of aliphatic hydroxyl groups excluding tert-OH is 1. The quantitative estimate of drug-likeness (QED) is 0.0693. The number of alkyl halides is 2. The first-order chi connectivity index (χ1) is 23.1. The fourth-order valence-corrected chi connectivity index (χ4v) is 8.51. The van der Waals surface area contributed by atoms with E-state index in [-0.39, 0.29) is 39.6 Å². The zero-order chi connectivity index (χ0) is 35.5. The highest BCUT2D eigenvalue weighted by atomic mass is 35.5. The molecule has 1 aromatic heterocycles. The summed E-state index contributed by atoms with van der Waals surface area (Å²) in [5.74, 6) is -22.6. The predicted octanol–water partition coefficient (Wildman–Crippen LogP) is 2.92. The molecular weight excluding hydrogens is 705 g/mol. The van der Waals surface area contributed by atoms with Gasteiger partial charge in [-0.05, 0) is 48.5 Å². The molecule has 6 atom stereocenters. The number of allylic oxidation sites excluding steroid dienone is 2. The Morgan fingerprint density at radius 3 is 2.12 bits per heavy atom.